The van der Waals surface area contributed by atoms with Crippen molar-refractivity contribution in [1.82, 2.24) is 14.5 Å². The molecule has 2 aliphatic rings. The average molecular weight is 490 g/mol. The molecule has 0 saturated heterocycles. The lowest BCUT2D eigenvalue weighted by Crippen LogP contribution is -2.48. The van der Waals surface area contributed by atoms with Gasteiger partial charge < -0.3 is 20.3 Å². The second-order valence-corrected chi connectivity index (χ2v) is 8.78. The van der Waals surface area contributed by atoms with Crippen molar-refractivity contribution >= 4 is 22.8 Å². The fourth-order valence-corrected chi connectivity index (χ4v) is 4.54. The Kier molecular flexibility index (Phi) is 7.32. The van der Waals surface area contributed by atoms with Crippen LogP contribution in [0, 0.1) is 0 Å². The minimum Gasteiger partial charge on any atom is -0.400 e. The summed E-state index contributed by atoms with van der Waals surface area (Å²) in [6.45, 7) is 1.29. The first kappa shape index (κ1) is 25.0. The molecule has 188 valence electrons. The van der Waals surface area contributed by atoms with Gasteiger partial charge in [0.1, 0.15) is 5.82 Å². The van der Waals surface area contributed by atoms with E-state index in [4.69, 9.17) is 15.8 Å². The van der Waals surface area contributed by atoms with Crippen LogP contribution < -0.4 is 10.6 Å². The predicted octanol–water partition coefficient (Wildman–Crippen LogP) is 4.55. The lowest BCUT2D eigenvalue weighted by atomic mass is 10.1. The van der Waals surface area contributed by atoms with Gasteiger partial charge in [-0.05, 0) is 48.6 Å². The van der Waals surface area contributed by atoms with E-state index in [0.717, 1.165) is 42.3 Å². The first-order valence-electron chi connectivity index (χ1n) is 11.7. The number of urea groups is 1. The van der Waals surface area contributed by atoms with E-state index in [1.807, 2.05) is 51.9 Å². The topological polar surface area (TPSA) is 87.6 Å². The van der Waals surface area contributed by atoms with E-state index in [2.05, 4.69) is 0 Å². The molecule has 1 aromatic heterocycles. The highest BCUT2D eigenvalue weighted by molar-refractivity contribution is 5.95. The summed E-state index contributed by atoms with van der Waals surface area (Å²) in [5.74, 6) is 0.571. The fourth-order valence-electron chi connectivity index (χ4n) is 4.54. The fraction of sp³-hybridized carbons (Fsp3) is 0.440. The van der Waals surface area contributed by atoms with Crippen molar-refractivity contribution in [2.45, 2.75) is 64.1 Å². The van der Waals surface area contributed by atoms with Gasteiger partial charge in [0.05, 0.1) is 23.3 Å². The maximum absolute atomic E-state index is 13.4. The van der Waals surface area contributed by atoms with Gasteiger partial charge in [-0.25, -0.2) is 9.78 Å². The molecule has 5 rings (SSSR count). The molecule has 7 nitrogen and oxygen atoms in total. The Balaban J connectivity index is 0.00000141. The highest BCUT2D eigenvalue weighted by Crippen LogP contribution is 2.37. The summed E-state index contributed by atoms with van der Waals surface area (Å²) in [5.41, 5.74) is 9.98. The molecule has 1 aliphatic carbocycles. The molecule has 3 aromatic rings. The van der Waals surface area contributed by atoms with Crippen LogP contribution in [0.3, 0.4) is 0 Å². The summed E-state index contributed by atoms with van der Waals surface area (Å²) < 4.78 is 40.3. The summed E-state index contributed by atoms with van der Waals surface area (Å²) in [6.07, 6.45) is -3.14. The van der Waals surface area contributed by atoms with E-state index in [1.54, 1.807) is 4.90 Å². The van der Waals surface area contributed by atoms with Gasteiger partial charge in [-0.3, -0.25) is 4.90 Å². The van der Waals surface area contributed by atoms with E-state index >= 15 is 0 Å². The number of anilines is 1. The van der Waals surface area contributed by atoms with Crippen LogP contribution in [0.2, 0.25) is 0 Å². The van der Waals surface area contributed by atoms with Crippen LogP contribution in [-0.4, -0.2) is 44.9 Å². The van der Waals surface area contributed by atoms with Crippen molar-refractivity contribution in [3.8, 4) is 0 Å². The molecule has 35 heavy (non-hydrogen) atoms. The SMILES string of the molecule is CO.NCc1ccc2c(c1)nc(CN1C(=O)N(C3CC3)Cc3ccccc31)n2CCCC(F)(F)F. The molecule has 2 amide bonds. The number of hydrogen-bond donors (Lipinski definition) is 2. The first-order chi connectivity index (χ1) is 16.8. The lowest BCUT2D eigenvalue weighted by molar-refractivity contribution is -0.135. The van der Waals surface area contributed by atoms with Crippen molar-refractivity contribution < 1.29 is 23.1 Å². The molecular weight excluding hydrogens is 459 g/mol. The van der Waals surface area contributed by atoms with Gasteiger partial charge in [0.15, 0.2) is 0 Å². The van der Waals surface area contributed by atoms with Crippen molar-refractivity contribution in [3.05, 3.63) is 59.4 Å². The number of aliphatic hydroxyl groups excluding tert-OH is 1. The van der Waals surface area contributed by atoms with Crippen LogP contribution in [0.15, 0.2) is 42.5 Å². The Morgan fingerprint density at radius 1 is 1.14 bits per heavy atom. The van der Waals surface area contributed by atoms with Crippen molar-refractivity contribution in [3.63, 3.8) is 0 Å². The smallest absolute Gasteiger partial charge is 0.389 e. The summed E-state index contributed by atoms with van der Waals surface area (Å²) >= 11 is 0. The molecule has 1 fully saturated rings. The van der Waals surface area contributed by atoms with Gasteiger partial charge in [0.2, 0.25) is 0 Å². The van der Waals surface area contributed by atoms with E-state index in [1.165, 1.54) is 0 Å². The molecule has 2 heterocycles. The van der Waals surface area contributed by atoms with Crippen LogP contribution >= 0.6 is 0 Å². The summed E-state index contributed by atoms with van der Waals surface area (Å²) in [7, 11) is 1.00. The van der Waals surface area contributed by atoms with E-state index in [-0.39, 0.29) is 31.6 Å². The maximum atomic E-state index is 13.4. The highest BCUT2D eigenvalue weighted by atomic mass is 19.4. The van der Waals surface area contributed by atoms with Gasteiger partial charge in [-0.15, -0.1) is 0 Å². The van der Waals surface area contributed by atoms with Crippen molar-refractivity contribution in [2.24, 2.45) is 5.73 Å². The number of nitrogens with two attached hydrogens (primary N) is 1. The Morgan fingerprint density at radius 3 is 2.57 bits per heavy atom. The summed E-state index contributed by atoms with van der Waals surface area (Å²) in [5, 5.41) is 7.00. The number of carbonyl (C=O) groups is 1. The van der Waals surface area contributed by atoms with Gasteiger partial charge in [0.25, 0.3) is 0 Å². The Hall–Kier alpha value is -3.11. The molecule has 1 aliphatic heterocycles. The number of aromatic nitrogens is 2. The highest BCUT2D eigenvalue weighted by Gasteiger charge is 2.39. The number of nitrogens with zero attached hydrogens (tertiary/aromatic N) is 4. The zero-order chi connectivity index (χ0) is 25.2. The van der Waals surface area contributed by atoms with Crippen LogP contribution in [0.4, 0.5) is 23.7 Å². The van der Waals surface area contributed by atoms with E-state index < -0.39 is 12.6 Å². The number of hydrogen-bond acceptors (Lipinski definition) is 4. The third-order valence-electron chi connectivity index (χ3n) is 6.36. The minimum absolute atomic E-state index is 0.0562. The zero-order valence-corrected chi connectivity index (χ0v) is 19.6. The second kappa shape index (κ2) is 10.2. The van der Waals surface area contributed by atoms with Gasteiger partial charge in [-0.2, -0.15) is 13.2 Å². The Labute approximate surface area is 201 Å². The number of para-hydroxylation sites is 1. The number of fused-ring (bicyclic) bond motifs is 2. The number of aliphatic hydroxyl groups is 1. The van der Waals surface area contributed by atoms with E-state index in [9.17, 15) is 18.0 Å². The van der Waals surface area contributed by atoms with Gasteiger partial charge in [-0.1, -0.05) is 24.3 Å². The molecule has 0 radical (unpaired) electrons. The molecule has 1 saturated carbocycles. The normalized spacial score (nSPS) is 15.8. The lowest BCUT2D eigenvalue weighted by Gasteiger charge is -2.37. The molecule has 0 atom stereocenters. The molecule has 0 bridgehead atoms. The van der Waals surface area contributed by atoms with E-state index in [0.29, 0.717) is 24.4 Å². The molecule has 10 heteroatoms. The third-order valence-corrected chi connectivity index (χ3v) is 6.36. The number of aryl methyl sites for hydroxylation is 1. The molecule has 0 spiro atoms. The van der Waals surface area contributed by atoms with Crippen LogP contribution in [0.5, 0.6) is 0 Å². The Morgan fingerprint density at radius 2 is 1.89 bits per heavy atom. The molecular formula is C25H30F3N5O2. The number of halogens is 3. The van der Waals surface area contributed by atoms with Crippen molar-refractivity contribution in [2.75, 3.05) is 12.0 Å². The zero-order valence-electron chi connectivity index (χ0n) is 19.6. The third kappa shape index (κ3) is 5.43. The molecule has 2 aromatic carbocycles. The average Bonchev–Trinajstić information content (AvgIpc) is 3.64. The number of alkyl halides is 3. The number of amides is 2. The first-order valence-corrected chi connectivity index (χ1v) is 11.7. The van der Waals surface area contributed by atoms with Crippen LogP contribution in [0.25, 0.3) is 11.0 Å². The number of rotatable bonds is 7. The summed E-state index contributed by atoms with van der Waals surface area (Å²) in [6, 6.07) is 13.5. The van der Waals surface area contributed by atoms with Gasteiger partial charge >= 0.3 is 12.2 Å². The summed E-state index contributed by atoms with van der Waals surface area (Å²) in [4.78, 5) is 21.7. The minimum atomic E-state index is -4.21. The monoisotopic (exact) mass is 489 g/mol. The largest absolute Gasteiger partial charge is 0.400 e. The number of benzene rings is 2. The van der Waals surface area contributed by atoms with Crippen molar-refractivity contribution in [1.29, 1.82) is 0 Å². The van der Waals surface area contributed by atoms with Crippen LogP contribution in [-0.2, 0) is 26.2 Å². The quantitative estimate of drug-likeness (QED) is 0.510. The molecule has 0 unspecified atom stereocenters. The second-order valence-electron chi connectivity index (χ2n) is 8.78. The standard InChI is InChI=1S/C24H26F3N5O.CH4O/c25-24(26,27)10-3-11-30-21-9-6-16(13-28)12-19(21)29-22(30)15-32-20-5-2-1-4-17(20)14-31(23(32)33)18-7-8-18;1-2/h1-2,4-6,9,12,18H,3,7-8,10-11,13-15,28H2;2H,1H3. The molecule has 3 N–H and O–H groups in total. The Bertz CT molecular complexity index is 1190. The maximum Gasteiger partial charge on any atom is 0.389 e. The van der Waals surface area contributed by atoms with Crippen LogP contribution in [0.1, 0.15) is 42.6 Å². The number of carbonyl (C=O) groups excluding carboxylic acids is 1. The predicted molar refractivity (Wildman–Crippen MR) is 128 cm³/mol. The number of imidazole rings is 1. The van der Waals surface area contributed by atoms with Gasteiger partial charge in [0, 0.05) is 39.2 Å².